The highest BCUT2D eigenvalue weighted by Crippen LogP contribution is 2.22. The minimum absolute atomic E-state index is 0.0102. The summed E-state index contributed by atoms with van der Waals surface area (Å²) in [6.07, 6.45) is 2.40. The number of carbonyl (C=O) groups is 1. The molecule has 0 spiro atoms. The van der Waals surface area contributed by atoms with Crippen molar-refractivity contribution in [2.75, 3.05) is 24.6 Å². The van der Waals surface area contributed by atoms with Gasteiger partial charge in [-0.3, -0.25) is 4.79 Å². The molecule has 1 heterocycles. The zero-order valence-corrected chi connectivity index (χ0v) is 13.3. The molecule has 2 rings (SSSR count). The van der Waals surface area contributed by atoms with Crippen LogP contribution in [0.5, 0.6) is 0 Å². The van der Waals surface area contributed by atoms with Crippen LogP contribution in [0.25, 0.3) is 0 Å². The van der Waals surface area contributed by atoms with Gasteiger partial charge >= 0.3 is 0 Å². The SMILES string of the molecule is Cc1ccc(C(=O)NCC2CCSCC2)cc1C#CCN. The van der Waals surface area contributed by atoms with Crippen molar-refractivity contribution in [3.8, 4) is 11.8 Å². The van der Waals surface area contributed by atoms with Crippen LogP contribution >= 0.6 is 11.8 Å². The number of hydrogen-bond donors (Lipinski definition) is 2. The molecule has 0 aliphatic carbocycles. The molecule has 0 atom stereocenters. The average molecular weight is 302 g/mol. The van der Waals surface area contributed by atoms with Crippen LogP contribution < -0.4 is 11.1 Å². The van der Waals surface area contributed by atoms with Gasteiger partial charge in [-0.25, -0.2) is 0 Å². The Hall–Kier alpha value is -1.44. The molecule has 3 N–H and O–H groups in total. The summed E-state index contributed by atoms with van der Waals surface area (Å²) >= 11 is 2.00. The average Bonchev–Trinajstić information content (AvgIpc) is 2.53. The maximum absolute atomic E-state index is 12.2. The van der Waals surface area contributed by atoms with Crippen LogP contribution in [0.3, 0.4) is 0 Å². The van der Waals surface area contributed by atoms with Crippen molar-refractivity contribution in [3.63, 3.8) is 0 Å². The van der Waals surface area contributed by atoms with Gasteiger partial charge in [-0.05, 0) is 54.9 Å². The van der Waals surface area contributed by atoms with Gasteiger partial charge in [0.25, 0.3) is 5.91 Å². The van der Waals surface area contributed by atoms with E-state index < -0.39 is 0 Å². The van der Waals surface area contributed by atoms with Crippen LogP contribution in [0.1, 0.15) is 34.3 Å². The fourth-order valence-electron chi connectivity index (χ4n) is 2.33. The van der Waals surface area contributed by atoms with E-state index in [1.165, 1.54) is 24.3 Å². The molecule has 0 radical (unpaired) electrons. The molecule has 4 heteroatoms. The Kier molecular flexibility index (Phi) is 6.16. The lowest BCUT2D eigenvalue weighted by molar-refractivity contribution is 0.0946. The Morgan fingerprint density at radius 1 is 1.43 bits per heavy atom. The molecule has 1 fully saturated rings. The van der Waals surface area contributed by atoms with Crippen LogP contribution in [-0.2, 0) is 0 Å². The van der Waals surface area contributed by atoms with Gasteiger partial charge in [-0.1, -0.05) is 17.9 Å². The van der Waals surface area contributed by atoms with Crippen molar-refractivity contribution in [2.24, 2.45) is 11.7 Å². The van der Waals surface area contributed by atoms with Crippen LogP contribution in [0.2, 0.25) is 0 Å². The lowest BCUT2D eigenvalue weighted by Crippen LogP contribution is -2.31. The highest BCUT2D eigenvalue weighted by atomic mass is 32.2. The van der Waals surface area contributed by atoms with E-state index in [0.717, 1.165) is 17.7 Å². The standard InChI is InChI=1S/C17H22N2OS/c1-13-4-5-16(11-15(13)3-2-8-18)17(20)19-12-14-6-9-21-10-7-14/h4-5,11,14H,6-10,12,18H2,1H3,(H,19,20). The molecular weight excluding hydrogens is 280 g/mol. The normalized spacial score (nSPS) is 15.1. The Labute approximate surface area is 131 Å². The molecule has 0 bridgehead atoms. The predicted molar refractivity (Wildman–Crippen MR) is 89.5 cm³/mol. The number of carbonyl (C=O) groups excluding carboxylic acids is 1. The Morgan fingerprint density at radius 3 is 2.90 bits per heavy atom. The molecule has 1 aromatic carbocycles. The van der Waals surface area contributed by atoms with E-state index in [9.17, 15) is 4.79 Å². The van der Waals surface area contributed by atoms with Gasteiger partial charge in [-0.2, -0.15) is 11.8 Å². The van der Waals surface area contributed by atoms with E-state index in [4.69, 9.17) is 5.73 Å². The van der Waals surface area contributed by atoms with Crippen LogP contribution in [0, 0.1) is 24.7 Å². The third kappa shape index (κ3) is 4.80. The molecular formula is C17H22N2OS. The Bertz CT molecular complexity index is 554. The number of thioether (sulfide) groups is 1. The summed E-state index contributed by atoms with van der Waals surface area (Å²) in [5.74, 6) is 8.89. The first-order valence-corrected chi connectivity index (χ1v) is 8.51. The molecule has 3 nitrogen and oxygen atoms in total. The summed E-state index contributed by atoms with van der Waals surface area (Å²) in [5, 5.41) is 3.05. The summed E-state index contributed by atoms with van der Waals surface area (Å²) in [4.78, 5) is 12.2. The summed E-state index contributed by atoms with van der Waals surface area (Å²) in [7, 11) is 0. The van der Waals surface area contributed by atoms with E-state index in [1.54, 1.807) is 0 Å². The van der Waals surface area contributed by atoms with Gasteiger partial charge in [-0.15, -0.1) is 0 Å². The molecule has 0 aromatic heterocycles. The maximum Gasteiger partial charge on any atom is 0.251 e. The molecule has 1 aliphatic rings. The zero-order valence-electron chi connectivity index (χ0n) is 12.4. The van der Waals surface area contributed by atoms with Gasteiger partial charge in [0.15, 0.2) is 0 Å². The van der Waals surface area contributed by atoms with E-state index in [1.807, 2.05) is 36.9 Å². The lowest BCUT2D eigenvalue weighted by atomic mass is 10.0. The second-order valence-electron chi connectivity index (χ2n) is 5.30. The second-order valence-corrected chi connectivity index (χ2v) is 6.53. The quantitative estimate of drug-likeness (QED) is 0.842. The lowest BCUT2D eigenvalue weighted by Gasteiger charge is -2.21. The largest absolute Gasteiger partial charge is 0.352 e. The Morgan fingerprint density at radius 2 is 2.19 bits per heavy atom. The number of benzene rings is 1. The molecule has 0 unspecified atom stereocenters. The van der Waals surface area contributed by atoms with Gasteiger partial charge in [0.1, 0.15) is 0 Å². The molecule has 1 aliphatic heterocycles. The fraction of sp³-hybridized carbons (Fsp3) is 0.471. The fourth-order valence-corrected chi connectivity index (χ4v) is 3.54. The van der Waals surface area contributed by atoms with E-state index in [2.05, 4.69) is 17.2 Å². The van der Waals surface area contributed by atoms with Crippen LogP contribution in [-0.4, -0.2) is 30.5 Å². The number of nitrogens with one attached hydrogen (secondary N) is 1. The number of amides is 1. The first-order chi connectivity index (χ1) is 10.2. The number of rotatable bonds is 3. The van der Waals surface area contributed by atoms with Crippen molar-refractivity contribution >= 4 is 17.7 Å². The highest BCUT2D eigenvalue weighted by molar-refractivity contribution is 7.99. The monoisotopic (exact) mass is 302 g/mol. The maximum atomic E-state index is 12.2. The minimum atomic E-state index is -0.0102. The zero-order chi connectivity index (χ0) is 15.1. The smallest absolute Gasteiger partial charge is 0.251 e. The molecule has 1 aromatic rings. The van der Waals surface area contributed by atoms with E-state index >= 15 is 0 Å². The topological polar surface area (TPSA) is 55.1 Å². The first kappa shape index (κ1) is 15.9. The summed E-state index contributed by atoms with van der Waals surface area (Å²) in [5.41, 5.74) is 8.02. The third-order valence-electron chi connectivity index (χ3n) is 3.72. The number of aryl methyl sites for hydroxylation is 1. The Balaban J connectivity index is 1.98. The number of hydrogen-bond acceptors (Lipinski definition) is 3. The number of nitrogens with two attached hydrogens (primary N) is 1. The van der Waals surface area contributed by atoms with Gasteiger partial charge < -0.3 is 11.1 Å². The minimum Gasteiger partial charge on any atom is -0.352 e. The van der Waals surface area contributed by atoms with Crippen molar-refractivity contribution in [2.45, 2.75) is 19.8 Å². The molecule has 1 saturated heterocycles. The van der Waals surface area contributed by atoms with Gasteiger partial charge in [0.05, 0.1) is 6.54 Å². The first-order valence-electron chi connectivity index (χ1n) is 7.36. The van der Waals surface area contributed by atoms with E-state index in [0.29, 0.717) is 18.0 Å². The summed E-state index contributed by atoms with van der Waals surface area (Å²) in [6.45, 7) is 3.09. The van der Waals surface area contributed by atoms with Crippen molar-refractivity contribution < 1.29 is 4.79 Å². The summed E-state index contributed by atoms with van der Waals surface area (Å²) < 4.78 is 0. The van der Waals surface area contributed by atoms with Crippen molar-refractivity contribution in [3.05, 3.63) is 34.9 Å². The van der Waals surface area contributed by atoms with Crippen molar-refractivity contribution in [1.82, 2.24) is 5.32 Å². The van der Waals surface area contributed by atoms with Gasteiger partial charge in [0.2, 0.25) is 0 Å². The van der Waals surface area contributed by atoms with Crippen molar-refractivity contribution in [1.29, 1.82) is 0 Å². The predicted octanol–water partition coefficient (Wildman–Crippen LogP) is 2.18. The summed E-state index contributed by atoms with van der Waals surface area (Å²) in [6, 6.07) is 5.64. The van der Waals surface area contributed by atoms with Gasteiger partial charge in [0, 0.05) is 17.7 Å². The molecule has 0 saturated carbocycles. The molecule has 21 heavy (non-hydrogen) atoms. The molecule has 1 amide bonds. The van der Waals surface area contributed by atoms with Crippen LogP contribution in [0.15, 0.2) is 18.2 Å². The van der Waals surface area contributed by atoms with Crippen LogP contribution in [0.4, 0.5) is 0 Å². The van der Waals surface area contributed by atoms with E-state index in [-0.39, 0.29) is 5.91 Å². The highest BCUT2D eigenvalue weighted by Gasteiger charge is 2.15. The third-order valence-corrected chi connectivity index (χ3v) is 4.77. The molecule has 112 valence electrons. The second kappa shape index (κ2) is 8.11.